The van der Waals surface area contributed by atoms with Crippen LogP contribution in [-0.4, -0.2) is 21.4 Å². The molecule has 0 heterocycles. The second-order valence-electron chi connectivity index (χ2n) is 4.77. The summed E-state index contributed by atoms with van der Waals surface area (Å²) in [5.41, 5.74) is 1.69. The zero-order valence-corrected chi connectivity index (χ0v) is 15.5. The van der Waals surface area contributed by atoms with Gasteiger partial charge in [-0.05, 0) is 49.9 Å². The van der Waals surface area contributed by atoms with E-state index < -0.39 is 15.9 Å². The van der Waals surface area contributed by atoms with Crippen LogP contribution in [0.15, 0.2) is 45.8 Å². The van der Waals surface area contributed by atoms with E-state index in [2.05, 4.69) is 26.0 Å². The van der Waals surface area contributed by atoms with Crippen molar-refractivity contribution in [3.05, 3.63) is 57.0 Å². The third-order valence-corrected chi connectivity index (χ3v) is 5.79. The van der Waals surface area contributed by atoms with Gasteiger partial charge in [-0.1, -0.05) is 33.6 Å². The number of nitrogens with one attached hydrogen (secondary N) is 2. The molecule has 2 rings (SSSR count). The van der Waals surface area contributed by atoms with Gasteiger partial charge in [-0.15, -0.1) is 0 Å². The topological polar surface area (TPSA) is 75.3 Å². The van der Waals surface area contributed by atoms with Gasteiger partial charge in [0.1, 0.15) is 0 Å². The van der Waals surface area contributed by atoms with Crippen molar-refractivity contribution in [1.29, 1.82) is 0 Å². The van der Waals surface area contributed by atoms with Crippen molar-refractivity contribution in [2.24, 2.45) is 0 Å². The maximum absolute atomic E-state index is 12.4. The molecule has 2 N–H and O–H groups in total. The van der Waals surface area contributed by atoms with Crippen molar-refractivity contribution < 1.29 is 13.2 Å². The van der Waals surface area contributed by atoms with Crippen LogP contribution >= 0.6 is 27.5 Å². The van der Waals surface area contributed by atoms with Crippen LogP contribution in [0.1, 0.15) is 15.9 Å². The van der Waals surface area contributed by atoms with Crippen LogP contribution in [0.25, 0.3) is 0 Å². The first-order valence-electron chi connectivity index (χ1n) is 6.55. The summed E-state index contributed by atoms with van der Waals surface area (Å²) in [6, 6.07) is 9.32. The predicted molar refractivity (Wildman–Crippen MR) is 94.5 cm³/mol. The quantitative estimate of drug-likeness (QED) is 0.798. The van der Waals surface area contributed by atoms with Gasteiger partial charge in [0.25, 0.3) is 5.91 Å². The van der Waals surface area contributed by atoms with Gasteiger partial charge in [0, 0.05) is 10.2 Å². The maximum Gasteiger partial charge on any atom is 0.257 e. The van der Waals surface area contributed by atoms with E-state index in [4.69, 9.17) is 11.6 Å². The van der Waals surface area contributed by atoms with E-state index in [1.54, 1.807) is 12.1 Å². The molecule has 0 aliphatic heterocycles. The minimum absolute atomic E-state index is 0.0281. The van der Waals surface area contributed by atoms with E-state index in [0.717, 1.165) is 10.0 Å². The lowest BCUT2D eigenvalue weighted by molar-refractivity contribution is 0.102. The minimum atomic E-state index is -3.65. The zero-order chi connectivity index (χ0) is 17.2. The molecule has 122 valence electrons. The molecular weight excluding hydrogens is 404 g/mol. The first kappa shape index (κ1) is 17.9. The van der Waals surface area contributed by atoms with E-state index in [-0.39, 0.29) is 15.5 Å². The Morgan fingerprint density at radius 3 is 2.48 bits per heavy atom. The molecule has 0 atom stereocenters. The van der Waals surface area contributed by atoms with Gasteiger partial charge >= 0.3 is 0 Å². The second kappa shape index (κ2) is 7.00. The Balaban J connectivity index is 2.35. The summed E-state index contributed by atoms with van der Waals surface area (Å²) in [5.74, 6) is -0.487. The molecule has 1 amide bonds. The predicted octanol–water partition coefficient (Wildman–Crippen LogP) is 3.57. The standard InChI is InChI=1S/C15H14BrClN2O3S/c1-9-3-4-10(7-13(9)16)19-15(20)12-8-11(5-6-14(12)17)23(21,22)18-2/h3-8,18H,1-2H3,(H,19,20). The van der Waals surface area contributed by atoms with Crippen LogP contribution < -0.4 is 10.0 Å². The Morgan fingerprint density at radius 1 is 1.17 bits per heavy atom. The Morgan fingerprint density at radius 2 is 1.87 bits per heavy atom. The number of rotatable bonds is 4. The highest BCUT2D eigenvalue weighted by atomic mass is 79.9. The molecule has 0 radical (unpaired) electrons. The molecule has 0 bridgehead atoms. The van der Waals surface area contributed by atoms with Gasteiger partial charge in [-0.2, -0.15) is 0 Å². The van der Waals surface area contributed by atoms with Crippen molar-refractivity contribution in [2.75, 3.05) is 12.4 Å². The number of hydrogen-bond donors (Lipinski definition) is 2. The van der Waals surface area contributed by atoms with Crippen molar-refractivity contribution in [1.82, 2.24) is 4.72 Å². The summed E-state index contributed by atoms with van der Waals surface area (Å²) in [4.78, 5) is 12.3. The number of sulfonamides is 1. The number of carbonyl (C=O) groups is 1. The summed E-state index contributed by atoms with van der Waals surface area (Å²) in [7, 11) is -2.35. The average molecular weight is 418 g/mol. The second-order valence-corrected chi connectivity index (χ2v) is 7.92. The van der Waals surface area contributed by atoms with Gasteiger partial charge in [-0.3, -0.25) is 4.79 Å². The van der Waals surface area contributed by atoms with Crippen molar-refractivity contribution >= 4 is 49.1 Å². The Labute approximate surface area is 148 Å². The van der Waals surface area contributed by atoms with Crippen molar-refractivity contribution in [2.45, 2.75) is 11.8 Å². The fourth-order valence-electron chi connectivity index (χ4n) is 1.83. The molecule has 23 heavy (non-hydrogen) atoms. The number of amides is 1. The monoisotopic (exact) mass is 416 g/mol. The highest BCUT2D eigenvalue weighted by Crippen LogP contribution is 2.24. The van der Waals surface area contributed by atoms with Crippen LogP contribution in [0.5, 0.6) is 0 Å². The number of anilines is 1. The molecule has 8 heteroatoms. The molecule has 2 aromatic rings. The molecule has 0 aliphatic rings. The Hall–Kier alpha value is -1.41. The Kier molecular flexibility index (Phi) is 5.46. The maximum atomic E-state index is 12.4. The van der Waals surface area contributed by atoms with Gasteiger partial charge in [0.15, 0.2) is 0 Å². The molecule has 0 saturated heterocycles. The summed E-state index contributed by atoms with van der Waals surface area (Å²) in [6.45, 7) is 1.93. The molecule has 0 saturated carbocycles. The van der Waals surface area contributed by atoms with Gasteiger partial charge in [0.05, 0.1) is 15.5 Å². The van der Waals surface area contributed by atoms with Gasteiger partial charge < -0.3 is 5.32 Å². The molecule has 0 aliphatic carbocycles. The number of halogens is 2. The summed E-state index contributed by atoms with van der Waals surface area (Å²) in [5, 5.41) is 2.87. The van der Waals surface area contributed by atoms with Crippen molar-refractivity contribution in [3.63, 3.8) is 0 Å². The number of benzene rings is 2. The lowest BCUT2D eigenvalue weighted by atomic mass is 10.2. The van der Waals surface area contributed by atoms with E-state index >= 15 is 0 Å². The van der Waals surface area contributed by atoms with Gasteiger partial charge in [-0.25, -0.2) is 13.1 Å². The largest absolute Gasteiger partial charge is 0.322 e. The lowest BCUT2D eigenvalue weighted by Crippen LogP contribution is -2.20. The minimum Gasteiger partial charge on any atom is -0.322 e. The molecule has 0 spiro atoms. The summed E-state index contributed by atoms with van der Waals surface area (Å²) < 4.78 is 26.7. The molecule has 0 aromatic heterocycles. The number of carbonyl (C=O) groups excluding carboxylic acids is 1. The van der Waals surface area contributed by atoms with Crippen LogP contribution in [0, 0.1) is 6.92 Å². The van der Waals surface area contributed by atoms with Crippen LogP contribution in [0.4, 0.5) is 5.69 Å². The molecular formula is C15H14BrClN2O3S. The lowest BCUT2D eigenvalue weighted by Gasteiger charge is -2.10. The zero-order valence-electron chi connectivity index (χ0n) is 12.4. The van der Waals surface area contributed by atoms with Crippen LogP contribution in [-0.2, 0) is 10.0 Å². The van der Waals surface area contributed by atoms with E-state index in [9.17, 15) is 13.2 Å². The number of aryl methyl sites for hydroxylation is 1. The molecule has 2 aromatic carbocycles. The van der Waals surface area contributed by atoms with Crippen LogP contribution in [0.3, 0.4) is 0 Å². The summed E-state index contributed by atoms with van der Waals surface area (Å²) in [6.07, 6.45) is 0. The third-order valence-electron chi connectivity index (χ3n) is 3.19. The molecule has 5 nitrogen and oxygen atoms in total. The Bertz CT molecular complexity index is 869. The summed E-state index contributed by atoms with van der Waals surface area (Å²) >= 11 is 9.41. The van der Waals surface area contributed by atoms with E-state index in [0.29, 0.717) is 5.69 Å². The normalized spacial score (nSPS) is 11.3. The molecule has 0 fully saturated rings. The smallest absolute Gasteiger partial charge is 0.257 e. The first-order chi connectivity index (χ1) is 10.7. The van der Waals surface area contributed by atoms with Gasteiger partial charge in [0.2, 0.25) is 10.0 Å². The highest BCUT2D eigenvalue weighted by Gasteiger charge is 2.17. The fraction of sp³-hybridized carbons (Fsp3) is 0.133. The number of hydrogen-bond acceptors (Lipinski definition) is 3. The third kappa shape index (κ3) is 4.11. The highest BCUT2D eigenvalue weighted by molar-refractivity contribution is 9.10. The fourth-order valence-corrected chi connectivity index (χ4v) is 3.17. The average Bonchev–Trinajstić information content (AvgIpc) is 2.51. The van der Waals surface area contributed by atoms with E-state index in [1.165, 1.54) is 25.2 Å². The van der Waals surface area contributed by atoms with Crippen LogP contribution in [0.2, 0.25) is 5.02 Å². The molecule has 0 unspecified atom stereocenters. The first-order valence-corrected chi connectivity index (χ1v) is 9.20. The van der Waals surface area contributed by atoms with Crippen molar-refractivity contribution in [3.8, 4) is 0 Å². The SMILES string of the molecule is CNS(=O)(=O)c1ccc(Cl)c(C(=O)Nc2ccc(C)c(Br)c2)c1. The van der Waals surface area contributed by atoms with E-state index in [1.807, 2.05) is 13.0 Å².